The molecule has 0 saturated carbocycles. The van der Waals surface area contributed by atoms with E-state index >= 15 is 0 Å². The average molecular weight is 480 g/mol. The van der Waals surface area contributed by atoms with Gasteiger partial charge < -0.3 is 0 Å². The Morgan fingerprint density at radius 2 is 1.16 bits per heavy atom. The Kier molecular flexibility index (Phi) is 5.98. The number of fused-ring (bicyclic) bond motifs is 2. The van der Waals surface area contributed by atoms with E-state index in [0.717, 1.165) is 0 Å². The van der Waals surface area contributed by atoms with Gasteiger partial charge in [-0.1, -0.05) is 0 Å². The van der Waals surface area contributed by atoms with Crippen LogP contribution < -0.4 is 17.3 Å². The van der Waals surface area contributed by atoms with Crippen molar-refractivity contribution in [1.29, 1.82) is 0 Å². The van der Waals surface area contributed by atoms with Gasteiger partial charge in [-0.25, -0.2) is 0 Å². The molecule has 0 aliphatic carbocycles. The summed E-state index contributed by atoms with van der Waals surface area (Å²) in [5, 5.41) is 0. The van der Waals surface area contributed by atoms with E-state index in [1.165, 1.54) is 27.9 Å². The van der Waals surface area contributed by atoms with Crippen molar-refractivity contribution in [1.82, 2.24) is 0 Å². The second kappa shape index (κ2) is 8.32. The van der Waals surface area contributed by atoms with Gasteiger partial charge in [-0.15, -0.1) is 0 Å². The molecular weight excluding hydrogens is 444 g/mol. The van der Waals surface area contributed by atoms with E-state index in [4.69, 9.17) is 0 Å². The molecule has 32 heavy (non-hydrogen) atoms. The fourth-order valence-corrected chi connectivity index (χ4v) is 13.4. The van der Waals surface area contributed by atoms with Gasteiger partial charge in [-0.05, 0) is 0 Å². The van der Waals surface area contributed by atoms with Crippen LogP contribution in [-0.4, -0.2) is 30.3 Å². The van der Waals surface area contributed by atoms with E-state index < -0.39 is 16.2 Å². The second-order valence-electron chi connectivity index (χ2n) is 11.4. The van der Waals surface area contributed by atoms with Gasteiger partial charge in [0, 0.05) is 0 Å². The van der Waals surface area contributed by atoms with Gasteiger partial charge in [0.05, 0.1) is 0 Å². The molecule has 0 amide bonds. The molecule has 0 N–H and O–H groups in total. The summed E-state index contributed by atoms with van der Waals surface area (Å²) in [6, 6.07) is 23.2. The Morgan fingerprint density at radius 3 is 1.59 bits per heavy atom. The van der Waals surface area contributed by atoms with Gasteiger partial charge in [-0.2, -0.15) is 0 Å². The van der Waals surface area contributed by atoms with E-state index in [-0.39, 0.29) is 10.8 Å². The van der Waals surface area contributed by atoms with Crippen LogP contribution in [0.5, 0.6) is 0 Å². The summed E-state index contributed by atoms with van der Waals surface area (Å²) >= 11 is -2.41. The molecule has 1 aliphatic rings. The molecular formula is C30H36GaN. The molecule has 0 fully saturated rings. The predicted octanol–water partition coefficient (Wildman–Crippen LogP) is 5.35. The average Bonchev–Trinajstić information content (AvgIpc) is 2.88. The summed E-state index contributed by atoms with van der Waals surface area (Å²) in [6.07, 6.45) is 4.66. The maximum absolute atomic E-state index is 2.52. The number of benzene rings is 3. The van der Waals surface area contributed by atoms with Gasteiger partial charge in [-0.3, -0.25) is 0 Å². The Bertz CT molecular complexity index is 1120. The first-order valence-corrected chi connectivity index (χ1v) is 15.3. The minimum atomic E-state index is -2.41. The molecule has 0 atom stereocenters. The molecule has 1 nitrogen and oxygen atoms in total. The zero-order valence-corrected chi connectivity index (χ0v) is 23.4. The SMILES string of the molecule is CN(C)c1cc(C(C)(C)C)cc(C(C)(C)C)[c]1[Ga]1[c]2ccccc2C=Cc2cccc[c]21. The summed E-state index contributed by atoms with van der Waals surface area (Å²) in [7, 11) is 4.43. The second-order valence-corrected chi connectivity index (χ2v) is 17.0. The first-order valence-electron chi connectivity index (χ1n) is 11.7. The normalized spacial score (nSPS) is 13.4. The quantitative estimate of drug-likeness (QED) is 0.350. The number of rotatable bonds is 2. The Labute approximate surface area is 200 Å². The molecule has 2 heteroatoms. The summed E-state index contributed by atoms with van der Waals surface area (Å²) < 4.78 is 4.75. The molecule has 0 saturated heterocycles. The van der Waals surface area contributed by atoms with Crippen molar-refractivity contribution >= 4 is 46.4 Å². The molecule has 0 unspecified atom stereocenters. The van der Waals surface area contributed by atoms with Crippen LogP contribution >= 0.6 is 0 Å². The fraction of sp³-hybridized carbons (Fsp3) is 0.333. The molecule has 4 rings (SSSR count). The van der Waals surface area contributed by atoms with Crippen LogP contribution in [0.4, 0.5) is 5.69 Å². The summed E-state index contributed by atoms with van der Waals surface area (Å²) in [5.74, 6) is 0. The van der Waals surface area contributed by atoms with Crippen LogP contribution in [0.25, 0.3) is 12.2 Å². The molecule has 1 aliphatic heterocycles. The van der Waals surface area contributed by atoms with E-state index in [9.17, 15) is 0 Å². The first kappa shape index (κ1) is 23.0. The van der Waals surface area contributed by atoms with Crippen molar-refractivity contribution in [3.05, 3.63) is 82.9 Å². The van der Waals surface area contributed by atoms with Crippen molar-refractivity contribution in [2.75, 3.05) is 19.0 Å². The fourth-order valence-electron chi connectivity index (χ4n) is 4.87. The van der Waals surface area contributed by atoms with Gasteiger partial charge in [0.15, 0.2) is 0 Å². The van der Waals surface area contributed by atoms with Crippen LogP contribution in [0.2, 0.25) is 0 Å². The summed E-state index contributed by atoms with van der Waals surface area (Å²) in [4.78, 5) is 2.36. The maximum atomic E-state index is 2.52. The number of anilines is 1. The zero-order valence-electron chi connectivity index (χ0n) is 21.0. The number of hydrogen-bond acceptors (Lipinski definition) is 1. The van der Waals surface area contributed by atoms with Gasteiger partial charge in [0.1, 0.15) is 0 Å². The van der Waals surface area contributed by atoms with Crippen LogP contribution in [0.3, 0.4) is 0 Å². The van der Waals surface area contributed by atoms with Gasteiger partial charge in [0.2, 0.25) is 0 Å². The molecule has 3 aromatic rings. The third-order valence-electron chi connectivity index (χ3n) is 6.66. The molecule has 1 heterocycles. The van der Waals surface area contributed by atoms with E-state index in [2.05, 4.69) is 133 Å². The first-order chi connectivity index (χ1) is 15.0. The van der Waals surface area contributed by atoms with Crippen LogP contribution in [0.15, 0.2) is 60.7 Å². The van der Waals surface area contributed by atoms with E-state index in [1.807, 2.05) is 0 Å². The molecule has 0 spiro atoms. The number of hydrogen-bond donors (Lipinski definition) is 0. The summed E-state index contributed by atoms with van der Waals surface area (Å²) in [6.45, 7) is 14.1. The van der Waals surface area contributed by atoms with E-state index in [1.54, 1.807) is 12.4 Å². The molecule has 0 bridgehead atoms. The van der Waals surface area contributed by atoms with Crippen molar-refractivity contribution in [3.8, 4) is 0 Å². The van der Waals surface area contributed by atoms with Crippen molar-refractivity contribution < 1.29 is 0 Å². The van der Waals surface area contributed by atoms with Crippen molar-refractivity contribution in [3.63, 3.8) is 0 Å². The Hall–Kier alpha value is -2.16. The van der Waals surface area contributed by atoms with Crippen molar-refractivity contribution in [2.24, 2.45) is 0 Å². The van der Waals surface area contributed by atoms with Crippen LogP contribution in [0, 0.1) is 0 Å². The van der Waals surface area contributed by atoms with Crippen LogP contribution in [0.1, 0.15) is 63.8 Å². The Morgan fingerprint density at radius 1 is 0.656 bits per heavy atom. The topological polar surface area (TPSA) is 3.24 Å². The predicted molar refractivity (Wildman–Crippen MR) is 145 cm³/mol. The van der Waals surface area contributed by atoms with Crippen LogP contribution in [-0.2, 0) is 10.8 Å². The van der Waals surface area contributed by atoms with Crippen molar-refractivity contribution in [2.45, 2.75) is 52.4 Å². The molecule has 3 aromatic carbocycles. The third-order valence-corrected chi connectivity index (χ3v) is 14.0. The zero-order chi connectivity index (χ0) is 23.3. The Balaban J connectivity index is 2.15. The molecule has 164 valence electrons. The van der Waals surface area contributed by atoms with E-state index in [0.29, 0.717) is 0 Å². The third kappa shape index (κ3) is 4.23. The van der Waals surface area contributed by atoms with Gasteiger partial charge >= 0.3 is 201 Å². The number of nitrogens with zero attached hydrogens (tertiary/aromatic N) is 1. The molecule has 0 aromatic heterocycles. The van der Waals surface area contributed by atoms with Gasteiger partial charge in [0.25, 0.3) is 0 Å². The standard InChI is InChI=1S/C16H26N.C14H10.Ga/c1-15(2,3)12-9-13(16(4,5)6)11-14(10-12)17(7)8;1-3-7-13(8-4-1)11-12-14-9-5-2-6-10-14;/h9-10H,1-8H3;1-7,9,11-12H;. The molecule has 0 radical (unpaired) electrons. The minimum absolute atomic E-state index is 0.0657. The monoisotopic (exact) mass is 479 g/mol. The summed E-state index contributed by atoms with van der Waals surface area (Å²) in [5.41, 5.74) is 7.29.